The number of carbonyl (C=O) groups is 2. The number of carbonyl (C=O) groups excluding carboxylic acids is 2. The van der Waals surface area contributed by atoms with Crippen LogP contribution in [0.15, 0.2) is 18.2 Å². The molecule has 9 heteroatoms. The summed E-state index contributed by atoms with van der Waals surface area (Å²) in [4.78, 5) is 24.7. The summed E-state index contributed by atoms with van der Waals surface area (Å²) in [5.41, 5.74) is 0.741. The highest BCUT2D eigenvalue weighted by molar-refractivity contribution is 7.14. The van der Waals surface area contributed by atoms with E-state index in [4.69, 9.17) is 4.74 Å². The predicted octanol–water partition coefficient (Wildman–Crippen LogP) is 2.50. The summed E-state index contributed by atoms with van der Waals surface area (Å²) in [6.07, 6.45) is -0.659. The van der Waals surface area contributed by atoms with Crippen LogP contribution in [0.4, 0.5) is 14.9 Å². The molecule has 0 bridgehead atoms. The Morgan fingerprint density at radius 1 is 1.48 bits per heavy atom. The van der Waals surface area contributed by atoms with Crippen molar-refractivity contribution in [1.29, 1.82) is 0 Å². The van der Waals surface area contributed by atoms with E-state index < -0.39 is 18.0 Å². The normalized spacial score (nSPS) is 16.8. The predicted molar refractivity (Wildman–Crippen MR) is 91.0 cm³/mol. The van der Waals surface area contributed by atoms with Gasteiger partial charge in [-0.1, -0.05) is 18.3 Å². The highest BCUT2D eigenvalue weighted by Gasteiger charge is 2.32. The van der Waals surface area contributed by atoms with Gasteiger partial charge >= 0.3 is 6.09 Å². The van der Waals surface area contributed by atoms with Crippen LogP contribution in [-0.2, 0) is 9.53 Å². The number of halogens is 1. The van der Waals surface area contributed by atoms with Crippen LogP contribution in [0.25, 0.3) is 10.6 Å². The lowest BCUT2D eigenvalue weighted by Crippen LogP contribution is -2.34. The zero-order valence-corrected chi connectivity index (χ0v) is 14.6. The second kappa shape index (κ2) is 7.14. The first kappa shape index (κ1) is 17.3. The van der Waals surface area contributed by atoms with Crippen molar-refractivity contribution < 1.29 is 18.7 Å². The van der Waals surface area contributed by atoms with Crippen LogP contribution in [0.1, 0.15) is 18.4 Å². The van der Waals surface area contributed by atoms with Crippen molar-refractivity contribution in [1.82, 2.24) is 15.5 Å². The maximum Gasteiger partial charge on any atom is 0.414 e. The molecule has 1 unspecified atom stereocenters. The Labute approximate surface area is 147 Å². The number of rotatable bonds is 5. The third kappa shape index (κ3) is 3.76. The SMILES string of the molecule is CCC(=O)NCC1CN(c2ccc(-c3nnc(C)s3)c(F)c2)C(=O)O1. The van der Waals surface area contributed by atoms with Gasteiger partial charge < -0.3 is 10.1 Å². The van der Waals surface area contributed by atoms with Gasteiger partial charge in [0.15, 0.2) is 5.01 Å². The number of benzene rings is 1. The van der Waals surface area contributed by atoms with Crippen molar-refractivity contribution in [2.75, 3.05) is 18.0 Å². The van der Waals surface area contributed by atoms with Crippen molar-refractivity contribution >= 4 is 29.0 Å². The van der Waals surface area contributed by atoms with Gasteiger partial charge in [-0.15, -0.1) is 10.2 Å². The number of hydrogen-bond donors (Lipinski definition) is 1. The summed E-state index contributed by atoms with van der Waals surface area (Å²) < 4.78 is 19.6. The molecule has 132 valence electrons. The van der Waals surface area contributed by atoms with E-state index in [1.165, 1.54) is 22.3 Å². The Balaban J connectivity index is 1.72. The lowest BCUT2D eigenvalue weighted by atomic mass is 10.2. The molecular formula is C16H17FN4O3S. The smallest absolute Gasteiger partial charge is 0.414 e. The average Bonchev–Trinajstić information content (AvgIpc) is 3.18. The lowest BCUT2D eigenvalue weighted by Gasteiger charge is -2.14. The van der Waals surface area contributed by atoms with Gasteiger partial charge in [-0.05, 0) is 25.1 Å². The summed E-state index contributed by atoms with van der Waals surface area (Å²) in [5.74, 6) is -0.596. The molecule has 3 rings (SSSR count). The zero-order valence-electron chi connectivity index (χ0n) is 13.8. The molecule has 1 N–H and O–H groups in total. The van der Waals surface area contributed by atoms with Crippen LogP contribution in [0.2, 0.25) is 0 Å². The number of cyclic esters (lactones) is 1. The highest BCUT2D eigenvalue weighted by Crippen LogP contribution is 2.30. The lowest BCUT2D eigenvalue weighted by molar-refractivity contribution is -0.121. The van der Waals surface area contributed by atoms with Gasteiger partial charge in [0.1, 0.15) is 16.9 Å². The number of aromatic nitrogens is 2. The highest BCUT2D eigenvalue weighted by atomic mass is 32.1. The number of anilines is 1. The van der Waals surface area contributed by atoms with Crippen molar-refractivity contribution in [2.45, 2.75) is 26.4 Å². The largest absolute Gasteiger partial charge is 0.442 e. The third-order valence-electron chi connectivity index (χ3n) is 3.74. The molecule has 1 aliphatic rings. The Morgan fingerprint density at radius 3 is 2.92 bits per heavy atom. The quantitative estimate of drug-likeness (QED) is 0.881. The molecule has 1 aliphatic heterocycles. The zero-order chi connectivity index (χ0) is 18.0. The number of ether oxygens (including phenoxy) is 1. The standard InChI is InChI=1S/C16H17FN4O3S/c1-3-14(22)18-7-11-8-21(16(23)24-11)10-4-5-12(13(17)6-10)15-20-19-9(2)25-15/h4-6,11H,3,7-8H2,1-2H3,(H,18,22). The minimum absolute atomic E-state index is 0.114. The molecule has 2 heterocycles. The molecular weight excluding hydrogens is 347 g/mol. The summed E-state index contributed by atoms with van der Waals surface area (Å²) in [7, 11) is 0. The fourth-order valence-electron chi connectivity index (χ4n) is 2.44. The van der Waals surface area contributed by atoms with Crippen LogP contribution in [0.5, 0.6) is 0 Å². The molecule has 1 fully saturated rings. The Bertz CT molecular complexity index is 810. The van der Waals surface area contributed by atoms with Gasteiger partial charge in [-0.3, -0.25) is 9.69 Å². The van der Waals surface area contributed by atoms with Crippen molar-refractivity contribution in [3.05, 3.63) is 29.0 Å². The van der Waals surface area contributed by atoms with Crippen LogP contribution in [0, 0.1) is 12.7 Å². The molecule has 2 aromatic rings. The van der Waals surface area contributed by atoms with Gasteiger partial charge in [0, 0.05) is 12.0 Å². The third-order valence-corrected chi connectivity index (χ3v) is 4.61. The van der Waals surface area contributed by atoms with Gasteiger partial charge in [-0.25, -0.2) is 9.18 Å². The summed E-state index contributed by atoms with van der Waals surface area (Å²) >= 11 is 1.30. The second-order valence-corrected chi connectivity index (χ2v) is 6.75. The molecule has 1 aromatic carbocycles. The number of nitrogens with one attached hydrogen (secondary N) is 1. The molecule has 0 radical (unpaired) electrons. The molecule has 1 atom stereocenters. The average molecular weight is 364 g/mol. The van der Waals surface area contributed by atoms with E-state index in [0.717, 1.165) is 5.01 Å². The number of hydrogen-bond acceptors (Lipinski definition) is 6. The Hall–Kier alpha value is -2.55. The first-order chi connectivity index (χ1) is 12.0. The van der Waals surface area contributed by atoms with Crippen molar-refractivity contribution in [3.63, 3.8) is 0 Å². The van der Waals surface area contributed by atoms with E-state index in [1.54, 1.807) is 26.0 Å². The van der Waals surface area contributed by atoms with Gasteiger partial charge in [-0.2, -0.15) is 0 Å². The van der Waals surface area contributed by atoms with Crippen LogP contribution in [0.3, 0.4) is 0 Å². The fourth-order valence-corrected chi connectivity index (χ4v) is 3.16. The van der Waals surface area contributed by atoms with E-state index in [1.807, 2.05) is 0 Å². The van der Waals surface area contributed by atoms with E-state index in [2.05, 4.69) is 15.5 Å². The minimum atomic E-state index is -0.561. The maximum absolute atomic E-state index is 14.4. The van der Waals surface area contributed by atoms with Crippen LogP contribution in [-0.4, -0.2) is 41.4 Å². The first-order valence-corrected chi connectivity index (χ1v) is 8.64. The van der Waals surface area contributed by atoms with Gasteiger partial charge in [0.25, 0.3) is 0 Å². The van der Waals surface area contributed by atoms with E-state index in [-0.39, 0.29) is 19.0 Å². The summed E-state index contributed by atoms with van der Waals surface area (Å²) in [5, 5.41) is 11.7. The van der Waals surface area contributed by atoms with Crippen molar-refractivity contribution in [3.8, 4) is 10.6 Å². The molecule has 0 saturated carbocycles. The fraction of sp³-hybridized carbons (Fsp3) is 0.375. The van der Waals surface area contributed by atoms with E-state index in [9.17, 15) is 14.0 Å². The van der Waals surface area contributed by atoms with Crippen LogP contribution < -0.4 is 10.2 Å². The molecule has 1 saturated heterocycles. The number of nitrogens with zero attached hydrogens (tertiary/aromatic N) is 3. The molecule has 0 spiro atoms. The van der Waals surface area contributed by atoms with Crippen LogP contribution >= 0.6 is 11.3 Å². The van der Waals surface area contributed by atoms with Gasteiger partial charge in [0.05, 0.1) is 18.8 Å². The second-order valence-electron chi connectivity index (χ2n) is 5.56. The van der Waals surface area contributed by atoms with Gasteiger partial charge in [0.2, 0.25) is 5.91 Å². The summed E-state index contributed by atoms with van der Waals surface area (Å²) in [6.45, 7) is 4.02. The topological polar surface area (TPSA) is 84.4 Å². The first-order valence-electron chi connectivity index (χ1n) is 7.82. The summed E-state index contributed by atoms with van der Waals surface area (Å²) in [6, 6.07) is 4.49. The van der Waals surface area contributed by atoms with E-state index in [0.29, 0.717) is 22.7 Å². The minimum Gasteiger partial charge on any atom is -0.442 e. The molecule has 1 aromatic heterocycles. The number of amides is 2. The number of aryl methyl sites for hydroxylation is 1. The van der Waals surface area contributed by atoms with E-state index >= 15 is 0 Å². The molecule has 2 amide bonds. The Kier molecular flexibility index (Phi) is 4.93. The molecule has 7 nitrogen and oxygen atoms in total. The monoisotopic (exact) mass is 364 g/mol. The Morgan fingerprint density at radius 2 is 2.28 bits per heavy atom. The van der Waals surface area contributed by atoms with Crippen molar-refractivity contribution in [2.24, 2.45) is 0 Å². The molecule has 25 heavy (non-hydrogen) atoms. The maximum atomic E-state index is 14.4. The molecule has 0 aliphatic carbocycles.